The molecule has 18 heavy (non-hydrogen) atoms. The van der Waals surface area contributed by atoms with Gasteiger partial charge >= 0.3 is 0 Å². The van der Waals surface area contributed by atoms with E-state index in [1.807, 2.05) is 0 Å². The number of rotatable bonds is 4. The monoisotopic (exact) mass is 252 g/mol. The molecule has 2 nitrogen and oxygen atoms in total. The van der Waals surface area contributed by atoms with Crippen LogP contribution in [0.4, 0.5) is 0 Å². The first-order valence-corrected chi connectivity index (χ1v) is 8.04. The zero-order valence-corrected chi connectivity index (χ0v) is 12.6. The molecule has 2 atom stereocenters. The highest BCUT2D eigenvalue weighted by Gasteiger charge is 2.43. The van der Waals surface area contributed by atoms with Crippen molar-refractivity contribution in [3.8, 4) is 0 Å². The molecule has 0 aromatic carbocycles. The Balaban J connectivity index is 1.99. The Kier molecular flexibility index (Phi) is 4.71. The first-order chi connectivity index (χ1) is 8.61. The van der Waals surface area contributed by atoms with E-state index in [-0.39, 0.29) is 0 Å². The van der Waals surface area contributed by atoms with Gasteiger partial charge in [0, 0.05) is 18.1 Å². The van der Waals surface area contributed by atoms with Crippen molar-refractivity contribution in [2.24, 2.45) is 17.6 Å². The van der Waals surface area contributed by atoms with Gasteiger partial charge in [0.15, 0.2) is 0 Å². The largest absolute Gasteiger partial charge is 0.329 e. The van der Waals surface area contributed by atoms with Crippen LogP contribution in [0.2, 0.25) is 0 Å². The number of likely N-dealkylation sites (N-methyl/N-ethyl adjacent to an activating group) is 1. The smallest absolute Gasteiger partial charge is 0.0334 e. The maximum atomic E-state index is 6.18. The van der Waals surface area contributed by atoms with Crippen LogP contribution in [0, 0.1) is 11.8 Å². The molecule has 0 saturated heterocycles. The molecule has 0 spiro atoms. The van der Waals surface area contributed by atoms with Gasteiger partial charge in [-0.3, -0.25) is 4.90 Å². The van der Waals surface area contributed by atoms with Crippen molar-refractivity contribution in [2.45, 2.75) is 76.8 Å². The molecule has 0 aromatic rings. The van der Waals surface area contributed by atoms with Gasteiger partial charge in [-0.25, -0.2) is 0 Å². The fourth-order valence-electron chi connectivity index (χ4n) is 4.23. The summed E-state index contributed by atoms with van der Waals surface area (Å²) in [7, 11) is 2.35. The van der Waals surface area contributed by atoms with Crippen molar-refractivity contribution in [1.82, 2.24) is 4.90 Å². The second-order valence-corrected chi connectivity index (χ2v) is 6.97. The van der Waals surface area contributed by atoms with E-state index in [4.69, 9.17) is 5.73 Å². The Morgan fingerprint density at radius 3 is 2.33 bits per heavy atom. The van der Waals surface area contributed by atoms with E-state index in [1.165, 1.54) is 51.4 Å². The fraction of sp³-hybridized carbons (Fsp3) is 1.00. The normalized spacial score (nSPS) is 41.5. The summed E-state index contributed by atoms with van der Waals surface area (Å²) in [6, 6.07) is 0.792. The molecule has 0 radical (unpaired) electrons. The molecule has 106 valence electrons. The lowest BCUT2D eigenvalue weighted by Crippen LogP contribution is -2.55. The highest BCUT2D eigenvalue weighted by molar-refractivity contribution is 5.00. The first kappa shape index (κ1) is 14.3. The Morgan fingerprint density at radius 1 is 1.17 bits per heavy atom. The quantitative estimate of drug-likeness (QED) is 0.831. The van der Waals surface area contributed by atoms with Crippen molar-refractivity contribution in [3.05, 3.63) is 0 Å². The Morgan fingerprint density at radius 2 is 1.83 bits per heavy atom. The molecule has 2 heteroatoms. The van der Waals surface area contributed by atoms with Crippen molar-refractivity contribution in [2.75, 3.05) is 13.6 Å². The van der Waals surface area contributed by atoms with Crippen LogP contribution < -0.4 is 5.73 Å². The minimum absolute atomic E-state index is 0.325. The van der Waals surface area contributed by atoms with E-state index < -0.39 is 0 Å². The first-order valence-electron chi connectivity index (χ1n) is 8.04. The highest BCUT2D eigenvalue weighted by Crippen LogP contribution is 2.42. The molecule has 2 unspecified atom stereocenters. The minimum Gasteiger partial charge on any atom is -0.329 e. The molecule has 2 fully saturated rings. The van der Waals surface area contributed by atoms with Crippen LogP contribution in [0.25, 0.3) is 0 Å². The van der Waals surface area contributed by atoms with Gasteiger partial charge in [0.1, 0.15) is 0 Å². The summed E-state index contributed by atoms with van der Waals surface area (Å²) < 4.78 is 0. The molecule has 0 amide bonds. The molecule has 2 rings (SSSR count). The van der Waals surface area contributed by atoms with Gasteiger partial charge in [0.25, 0.3) is 0 Å². The average Bonchev–Trinajstić information content (AvgIpc) is 2.84. The molecule has 2 aliphatic rings. The third kappa shape index (κ3) is 2.75. The third-order valence-corrected chi connectivity index (χ3v) is 5.93. The molecular weight excluding hydrogens is 220 g/mol. The maximum Gasteiger partial charge on any atom is 0.0334 e. The summed E-state index contributed by atoms with van der Waals surface area (Å²) in [6.07, 6.45) is 11.0. The standard InChI is InChI=1S/C16H32N2/c1-4-14-9-10-16(11-14,12-17)18(3)15-7-5-13(2)6-8-15/h13-15H,4-12,17H2,1-3H3. The summed E-state index contributed by atoms with van der Waals surface area (Å²) in [5.74, 6) is 1.86. The maximum absolute atomic E-state index is 6.18. The van der Waals surface area contributed by atoms with Crippen LogP contribution in [-0.2, 0) is 0 Å². The van der Waals surface area contributed by atoms with E-state index in [9.17, 15) is 0 Å². The van der Waals surface area contributed by atoms with E-state index in [0.717, 1.165) is 24.4 Å². The van der Waals surface area contributed by atoms with Crippen molar-refractivity contribution < 1.29 is 0 Å². The summed E-state index contributed by atoms with van der Waals surface area (Å²) >= 11 is 0. The SMILES string of the molecule is CCC1CCC(CN)(N(C)C2CCC(C)CC2)C1. The summed E-state index contributed by atoms with van der Waals surface area (Å²) in [6.45, 7) is 5.59. The van der Waals surface area contributed by atoms with Gasteiger partial charge in [-0.15, -0.1) is 0 Å². The van der Waals surface area contributed by atoms with Crippen LogP contribution in [0.15, 0.2) is 0 Å². The lowest BCUT2D eigenvalue weighted by molar-refractivity contribution is 0.0514. The minimum atomic E-state index is 0.325. The van der Waals surface area contributed by atoms with Gasteiger partial charge in [-0.05, 0) is 63.8 Å². The molecular formula is C16H32N2. The molecule has 0 aliphatic heterocycles. The van der Waals surface area contributed by atoms with Crippen molar-refractivity contribution >= 4 is 0 Å². The Labute approximate surface area is 113 Å². The zero-order valence-electron chi connectivity index (χ0n) is 12.6. The van der Waals surface area contributed by atoms with Crippen LogP contribution in [-0.4, -0.2) is 30.1 Å². The molecule has 2 saturated carbocycles. The predicted octanol–water partition coefficient (Wildman–Crippen LogP) is 3.40. The number of hydrogen-bond acceptors (Lipinski definition) is 2. The van der Waals surface area contributed by atoms with Crippen LogP contribution in [0.1, 0.15) is 65.2 Å². The average molecular weight is 252 g/mol. The summed E-state index contributed by atoms with van der Waals surface area (Å²) in [5.41, 5.74) is 6.50. The number of nitrogens with two attached hydrogens (primary N) is 1. The molecule has 0 bridgehead atoms. The lowest BCUT2D eigenvalue weighted by Gasteiger charge is -2.45. The van der Waals surface area contributed by atoms with Gasteiger partial charge < -0.3 is 5.73 Å². The van der Waals surface area contributed by atoms with E-state index >= 15 is 0 Å². The second-order valence-electron chi connectivity index (χ2n) is 6.97. The van der Waals surface area contributed by atoms with Crippen LogP contribution >= 0.6 is 0 Å². The van der Waals surface area contributed by atoms with E-state index in [0.29, 0.717) is 5.54 Å². The highest BCUT2D eigenvalue weighted by atomic mass is 15.2. The predicted molar refractivity (Wildman–Crippen MR) is 78.6 cm³/mol. The number of nitrogens with zero attached hydrogens (tertiary/aromatic N) is 1. The molecule has 2 N–H and O–H groups in total. The van der Waals surface area contributed by atoms with Gasteiger partial charge in [0.2, 0.25) is 0 Å². The summed E-state index contributed by atoms with van der Waals surface area (Å²) in [4.78, 5) is 2.69. The van der Waals surface area contributed by atoms with Crippen LogP contribution in [0.5, 0.6) is 0 Å². The molecule has 2 aliphatic carbocycles. The molecule has 0 aromatic heterocycles. The third-order valence-electron chi connectivity index (χ3n) is 5.93. The van der Waals surface area contributed by atoms with Gasteiger partial charge in [0.05, 0.1) is 0 Å². The van der Waals surface area contributed by atoms with E-state index in [1.54, 1.807) is 0 Å². The van der Waals surface area contributed by atoms with Gasteiger partial charge in [-0.2, -0.15) is 0 Å². The topological polar surface area (TPSA) is 29.3 Å². The van der Waals surface area contributed by atoms with E-state index in [2.05, 4.69) is 25.8 Å². The second kappa shape index (κ2) is 5.92. The van der Waals surface area contributed by atoms with Crippen molar-refractivity contribution in [1.29, 1.82) is 0 Å². The Hall–Kier alpha value is -0.0800. The molecule has 0 heterocycles. The number of hydrogen-bond donors (Lipinski definition) is 1. The van der Waals surface area contributed by atoms with Gasteiger partial charge in [-0.1, -0.05) is 20.3 Å². The van der Waals surface area contributed by atoms with Crippen molar-refractivity contribution in [3.63, 3.8) is 0 Å². The summed E-state index contributed by atoms with van der Waals surface area (Å²) in [5, 5.41) is 0. The van der Waals surface area contributed by atoms with Crippen LogP contribution in [0.3, 0.4) is 0 Å². The Bertz CT molecular complexity index is 258. The lowest BCUT2D eigenvalue weighted by atomic mass is 9.83. The fourth-order valence-corrected chi connectivity index (χ4v) is 4.23. The zero-order chi connectivity index (χ0) is 13.2.